The summed E-state index contributed by atoms with van der Waals surface area (Å²) in [5, 5.41) is 2.49. The van der Waals surface area contributed by atoms with E-state index in [1.165, 1.54) is 0 Å². The maximum absolute atomic E-state index is 13.4. The molecule has 120 valence electrons. The number of benzene rings is 1. The van der Waals surface area contributed by atoms with E-state index in [2.05, 4.69) is 12.2 Å². The van der Waals surface area contributed by atoms with Gasteiger partial charge in [0, 0.05) is 32.1 Å². The van der Waals surface area contributed by atoms with Crippen LogP contribution in [-0.2, 0) is 4.79 Å². The fourth-order valence-electron chi connectivity index (χ4n) is 2.63. The summed E-state index contributed by atoms with van der Waals surface area (Å²) in [7, 11) is 0. The van der Waals surface area contributed by atoms with E-state index >= 15 is 0 Å². The number of hydrogen-bond acceptors (Lipinski definition) is 2. The van der Waals surface area contributed by atoms with Gasteiger partial charge in [0.25, 0.3) is 5.91 Å². The average molecular weight is 310 g/mol. The molecular formula is C16H20F2N2O2. The lowest BCUT2D eigenvalue weighted by atomic mass is 10.00. The molecule has 1 aliphatic heterocycles. The quantitative estimate of drug-likeness (QED) is 0.928. The molecule has 1 heterocycles. The van der Waals surface area contributed by atoms with Crippen molar-refractivity contribution in [2.45, 2.75) is 26.2 Å². The van der Waals surface area contributed by atoms with Gasteiger partial charge in [0.2, 0.25) is 5.91 Å². The van der Waals surface area contributed by atoms with Crippen LogP contribution in [0.25, 0.3) is 0 Å². The molecule has 1 aromatic rings. The third kappa shape index (κ3) is 4.26. The van der Waals surface area contributed by atoms with Crippen LogP contribution < -0.4 is 5.32 Å². The number of halogens is 2. The Balaban J connectivity index is 1.80. The predicted octanol–water partition coefficient (Wildman–Crippen LogP) is 2.34. The van der Waals surface area contributed by atoms with E-state index in [0.717, 1.165) is 38.1 Å². The fraction of sp³-hybridized carbons (Fsp3) is 0.500. The molecule has 6 heteroatoms. The van der Waals surface area contributed by atoms with Gasteiger partial charge in [0.1, 0.15) is 11.6 Å². The molecule has 0 bridgehead atoms. The predicted molar refractivity (Wildman–Crippen MR) is 78.3 cm³/mol. The molecule has 1 aromatic carbocycles. The normalized spacial score (nSPS) is 18.1. The van der Waals surface area contributed by atoms with Gasteiger partial charge in [-0.25, -0.2) is 8.78 Å². The second-order valence-corrected chi connectivity index (χ2v) is 5.72. The minimum atomic E-state index is -0.909. The third-order valence-corrected chi connectivity index (χ3v) is 3.81. The van der Waals surface area contributed by atoms with Crippen LogP contribution in [-0.4, -0.2) is 36.3 Å². The lowest BCUT2D eigenvalue weighted by Gasteiger charge is -2.31. The van der Waals surface area contributed by atoms with Crippen LogP contribution in [0.15, 0.2) is 18.2 Å². The van der Waals surface area contributed by atoms with E-state index in [4.69, 9.17) is 0 Å². The number of carbonyl (C=O) groups is 2. The van der Waals surface area contributed by atoms with Crippen molar-refractivity contribution < 1.29 is 18.4 Å². The van der Waals surface area contributed by atoms with Gasteiger partial charge in [-0.2, -0.15) is 0 Å². The van der Waals surface area contributed by atoms with E-state index in [1.807, 2.05) is 0 Å². The van der Waals surface area contributed by atoms with Gasteiger partial charge in [0.15, 0.2) is 0 Å². The van der Waals surface area contributed by atoms with E-state index < -0.39 is 17.5 Å². The molecule has 1 atom stereocenters. The van der Waals surface area contributed by atoms with Gasteiger partial charge < -0.3 is 10.2 Å². The number of rotatable bonds is 4. The van der Waals surface area contributed by atoms with Crippen molar-refractivity contribution in [3.63, 3.8) is 0 Å². The van der Waals surface area contributed by atoms with Crippen molar-refractivity contribution in [3.8, 4) is 0 Å². The Morgan fingerprint density at radius 3 is 2.82 bits per heavy atom. The molecule has 1 saturated heterocycles. The molecule has 0 aliphatic carbocycles. The highest BCUT2D eigenvalue weighted by molar-refractivity contribution is 5.94. The SMILES string of the molecule is C[C@H]1CCCN(C(=O)CCNC(=O)c2ccc(F)cc2F)C1. The maximum Gasteiger partial charge on any atom is 0.254 e. The summed E-state index contributed by atoms with van der Waals surface area (Å²) < 4.78 is 26.2. The minimum absolute atomic E-state index is 0.00794. The van der Waals surface area contributed by atoms with Crippen LogP contribution in [0.4, 0.5) is 8.78 Å². The lowest BCUT2D eigenvalue weighted by molar-refractivity contribution is -0.132. The van der Waals surface area contributed by atoms with Crippen LogP contribution in [0.1, 0.15) is 36.5 Å². The van der Waals surface area contributed by atoms with Crippen molar-refractivity contribution in [2.75, 3.05) is 19.6 Å². The molecule has 1 aliphatic rings. The van der Waals surface area contributed by atoms with E-state index in [1.54, 1.807) is 4.90 Å². The summed E-state index contributed by atoms with van der Waals surface area (Å²) in [6.45, 7) is 3.75. The Hall–Kier alpha value is -1.98. The highest BCUT2D eigenvalue weighted by atomic mass is 19.1. The lowest BCUT2D eigenvalue weighted by Crippen LogP contribution is -2.40. The molecule has 0 aromatic heterocycles. The summed E-state index contributed by atoms with van der Waals surface area (Å²) in [5.74, 6) is -1.79. The Bertz CT molecular complexity index is 563. The molecule has 2 amide bonds. The van der Waals surface area contributed by atoms with Gasteiger partial charge in [0.05, 0.1) is 5.56 Å². The zero-order chi connectivity index (χ0) is 16.1. The molecule has 0 unspecified atom stereocenters. The number of likely N-dealkylation sites (tertiary alicyclic amines) is 1. The van der Waals surface area contributed by atoms with Crippen LogP contribution in [0.3, 0.4) is 0 Å². The number of hydrogen-bond donors (Lipinski definition) is 1. The van der Waals surface area contributed by atoms with Gasteiger partial charge in [-0.3, -0.25) is 9.59 Å². The summed E-state index contributed by atoms with van der Waals surface area (Å²) in [4.78, 5) is 25.6. The first kappa shape index (κ1) is 16.4. The molecule has 0 radical (unpaired) electrons. The molecule has 2 rings (SSSR count). The Kier molecular flexibility index (Phi) is 5.46. The van der Waals surface area contributed by atoms with E-state index in [9.17, 15) is 18.4 Å². The zero-order valence-electron chi connectivity index (χ0n) is 12.6. The summed E-state index contributed by atoms with van der Waals surface area (Å²) in [6.07, 6.45) is 2.31. The average Bonchev–Trinajstić information content (AvgIpc) is 2.46. The van der Waals surface area contributed by atoms with E-state index in [0.29, 0.717) is 12.0 Å². The molecular weight excluding hydrogens is 290 g/mol. The van der Waals surface area contributed by atoms with Crippen LogP contribution in [0, 0.1) is 17.6 Å². The fourth-order valence-corrected chi connectivity index (χ4v) is 2.63. The molecule has 1 N–H and O–H groups in total. The van der Waals surface area contributed by atoms with E-state index in [-0.39, 0.29) is 24.4 Å². The zero-order valence-corrected chi connectivity index (χ0v) is 12.6. The van der Waals surface area contributed by atoms with Gasteiger partial charge >= 0.3 is 0 Å². The number of nitrogens with one attached hydrogen (secondary N) is 1. The topological polar surface area (TPSA) is 49.4 Å². The van der Waals surface area contributed by atoms with Crippen LogP contribution in [0.2, 0.25) is 0 Å². The maximum atomic E-state index is 13.4. The largest absolute Gasteiger partial charge is 0.351 e. The highest BCUT2D eigenvalue weighted by Crippen LogP contribution is 2.16. The summed E-state index contributed by atoms with van der Waals surface area (Å²) >= 11 is 0. The van der Waals surface area contributed by atoms with Crippen molar-refractivity contribution >= 4 is 11.8 Å². The minimum Gasteiger partial charge on any atom is -0.351 e. The Morgan fingerprint density at radius 2 is 2.14 bits per heavy atom. The smallest absolute Gasteiger partial charge is 0.254 e. The number of nitrogens with zero attached hydrogens (tertiary/aromatic N) is 1. The van der Waals surface area contributed by atoms with Crippen molar-refractivity contribution in [3.05, 3.63) is 35.4 Å². The second-order valence-electron chi connectivity index (χ2n) is 5.72. The number of amides is 2. The molecule has 4 nitrogen and oxygen atoms in total. The standard InChI is InChI=1S/C16H20F2N2O2/c1-11-3-2-8-20(10-11)15(21)6-7-19-16(22)13-5-4-12(17)9-14(13)18/h4-5,9,11H,2-3,6-8,10H2,1H3,(H,19,22)/t11-/m0/s1. The Morgan fingerprint density at radius 1 is 1.36 bits per heavy atom. The number of piperidine rings is 1. The molecule has 0 spiro atoms. The van der Waals surface area contributed by atoms with Crippen LogP contribution in [0.5, 0.6) is 0 Å². The van der Waals surface area contributed by atoms with Crippen LogP contribution >= 0.6 is 0 Å². The van der Waals surface area contributed by atoms with Gasteiger partial charge in [-0.15, -0.1) is 0 Å². The molecule has 1 fully saturated rings. The summed E-state index contributed by atoms with van der Waals surface area (Å²) in [5.41, 5.74) is -0.222. The summed E-state index contributed by atoms with van der Waals surface area (Å²) in [6, 6.07) is 2.78. The van der Waals surface area contributed by atoms with Crippen molar-refractivity contribution in [1.82, 2.24) is 10.2 Å². The monoisotopic (exact) mass is 310 g/mol. The van der Waals surface area contributed by atoms with Crippen molar-refractivity contribution in [2.24, 2.45) is 5.92 Å². The van der Waals surface area contributed by atoms with Gasteiger partial charge in [-0.1, -0.05) is 6.92 Å². The second kappa shape index (κ2) is 7.33. The number of carbonyl (C=O) groups excluding carboxylic acids is 2. The third-order valence-electron chi connectivity index (χ3n) is 3.81. The van der Waals surface area contributed by atoms with Crippen molar-refractivity contribution in [1.29, 1.82) is 0 Å². The van der Waals surface area contributed by atoms with Gasteiger partial charge in [-0.05, 0) is 30.9 Å². The molecule has 22 heavy (non-hydrogen) atoms. The first-order chi connectivity index (χ1) is 10.5. The Labute approximate surface area is 128 Å². The molecule has 0 saturated carbocycles. The highest BCUT2D eigenvalue weighted by Gasteiger charge is 2.20. The first-order valence-electron chi connectivity index (χ1n) is 7.48. The first-order valence-corrected chi connectivity index (χ1v) is 7.48.